The fourth-order valence-electron chi connectivity index (χ4n) is 4.68. The van der Waals surface area contributed by atoms with Crippen LogP contribution in [-0.4, -0.2) is 24.8 Å². The monoisotopic (exact) mass is 394 g/mol. The van der Waals surface area contributed by atoms with Gasteiger partial charge < -0.3 is 9.47 Å². The fraction of sp³-hybridized carbons (Fsp3) is 0.960. The molecule has 1 saturated heterocycles. The predicted octanol–water partition coefficient (Wildman–Crippen LogP) is 7.21. The van der Waals surface area contributed by atoms with Crippen molar-refractivity contribution < 1.29 is 14.3 Å². The topological polar surface area (TPSA) is 38.8 Å². The van der Waals surface area contributed by atoms with Crippen molar-refractivity contribution in [1.29, 1.82) is 0 Å². The van der Waals surface area contributed by atoms with E-state index in [1.54, 1.807) is 0 Å². The molecule has 0 aromatic carbocycles. The summed E-state index contributed by atoms with van der Waals surface area (Å²) >= 11 is 0. The van der Waals surface area contributed by atoms with E-state index in [9.17, 15) is 4.79 Å². The molecular formula is C25H46O3. The van der Waals surface area contributed by atoms with Crippen LogP contribution in [-0.2, 0) is 14.3 Å². The van der Waals surface area contributed by atoms with Gasteiger partial charge in [0.25, 0.3) is 0 Å². The van der Waals surface area contributed by atoms with Gasteiger partial charge in [-0.2, -0.15) is 0 Å². The molecule has 0 radical (unpaired) electrons. The summed E-state index contributed by atoms with van der Waals surface area (Å²) in [5.41, 5.74) is 0. The average Bonchev–Trinajstić information content (AvgIpc) is 3.48. The first-order valence-corrected chi connectivity index (χ1v) is 12.6. The van der Waals surface area contributed by atoms with E-state index < -0.39 is 0 Å². The van der Waals surface area contributed by atoms with Gasteiger partial charge in [-0.25, -0.2) is 0 Å². The summed E-state index contributed by atoms with van der Waals surface area (Å²) in [6.45, 7) is 5.13. The molecule has 2 fully saturated rings. The number of rotatable bonds is 17. The van der Waals surface area contributed by atoms with Gasteiger partial charge in [-0.1, -0.05) is 90.9 Å². The summed E-state index contributed by atoms with van der Waals surface area (Å²) in [6.07, 6.45) is 22.0. The van der Waals surface area contributed by atoms with E-state index in [1.165, 1.54) is 77.0 Å². The van der Waals surface area contributed by atoms with Crippen LogP contribution in [0.3, 0.4) is 0 Å². The van der Waals surface area contributed by atoms with E-state index in [-0.39, 0.29) is 11.9 Å². The van der Waals surface area contributed by atoms with Gasteiger partial charge in [0.1, 0.15) is 0 Å². The maximum Gasteiger partial charge on any atom is 0.308 e. The quantitative estimate of drug-likeness (QED) is 0.148. The molecule has 28 heavy (non-hydrogen) atoms. The number of hydrogen-bond acceptors (Lipinski definition) is 3. The van der Waals surface area contributed by atoms with Crippen LogP contribution in [0.2, 0.25) is 0 Å². The Morgan fingerprint density at radius 2 is 1.39 bits per heavy atom. The molecule has 3 heteroatoms. The van der Waals surface area contributed by atoms with Crippen molar-refractivity contribution in [3.05, 3.63) is 0 Å². The minimum absolute atomic E-state index is 0.0836. The Balaban J connectivity index is 1.63. The van der Waals surface area contributed by atoms with E-state index in [2.05, 4.69) is 13.8 Å². The molecule has 4 unspecified atom stereocenters. The maximum atomic E-state index is 12.7. The minimum Gasteiger partial charge on any atom is -0.465 e. The molecule has 4 atom stereocenters. The highest BCUT2D eigenvalue weighted by atomic mass is 16.6. The number of carbonyl (C=O) groups excluding carboxylic acids is 1. The summed E-state index contributed by atoms with van der Waals surface area (Å²) in [5, 5.41) is 0. The van der Waals surface area contributed by atoms with Crippen LogP contribution < -0.4 is 0 Å². The zero-order valence-electron chi connectivity index (χ0n) is 18.8. The molecule has 1 aliphatic carbocycles. The van der Waals surface area contributed by atoms with E-state index in [1.807, 2.05) is 0 Å². The highest BCUT2D eigenvalue weighted by Gasteiger charge is 2.44. The molecule has 0 aromatic heterocycles. The Morgan fingerprint density at radius 1 is 0.821 bits per heavy atom. The van der Waals surface area contributed by atoms with Crippen molar-refractivity contribution in [3.8, 4) is 0 Å². The molecule has 0 bridgehead atoms. The smallest absolute Gasteiger partial charge is 0.308 e. The second-order valence-corrected chi connectivity index (χ2v) is 9.33. The first-order chi connectivity index (χ1) is 13.7. The van der Waals surface area contributed by atoms with Crippen LogP contribution in [0.4, 0.5) is 0 Å². The van der Waals surface area contributed by atoms with Crippen molar-refractivity contribution >= 4 is 5.97 Å². The number of epoxide rings is 1. The lowest BCUT2D eigenvalue weighted by Gasteiger charge is -2.21. The van der Waals surface area contributed by atoms with Crippen LogP contribution in [0.1, 0.15) is 123 Å². The van der Waals surface area contributed by atoms with Crippen molar-refractivity contribution in [2.24, 2.45) is 11.8 Å². The van der Waals surface area contributed by atoms with Crippen LogP contribution in [0.5, 0.6) is 0 Å². The van der Waals surface area contributed by atoms with Gasteiger partial charge in [-0.05, 0) is 38.0 Å². The Bertz CT molecular complexity index is 409. The summed E-state index contributed by atoms with van der Waals surface area (Å²) in [4.78, 5) is 12.7. The molecule has 2 aliphatic rings. The van der Waals surface area contributed by atoms with Crippen LogP contribution in [0, 0.1) is 11.8 Å². The van der Waals surface area contributed by atoms with E-state index in [0.717, 1.165) is 32.1 Å². The van der Waals surface area contributed by atoms with Gasteiger partial charge >= 0.3 is 5.97 Å². The second-order valence-electron chi connectivity index (χ2n) is 9.33. The molecule has 0 spiro atoms. The molecule has 164 valence electrons. The van der Waals surface area contributed by atoms with E-state index >= 15 is 0 Å². The van der Waals surface area contributed by atoms with Crippen molar-refractivity contribution in [2.45, 2.75) is 135 Å². The Hall–Kier alpha value is -0.570. The van der Waals surface area contributed by atoms with E-state index in [0.29, 0.717) is 24.7 Å². The van der Waals surface area contributed by atoms with Crippen molar-refractivity contribution in [3.63, 3.8) is 0 Å². The fourth-order valence-corrected chi connectivity index (χ4v) is 4.68. The normalized spacial score (nSPS) is 24.6. The van der Waals surface area contributed by atoms with Gasteiger partial charge in [-0.15, -0.1) is 0 Å². The third-order valence-electron chi connectivity index (χ3n) is 6.72. The highest BCUT2D eigenvalue weighted by Crippen LogP contribution is 2.39. The lowest BCUT2D eigenvalue weighted by molar-refractivity contribution is -0.150. The molecular weight excluding hydrogens is 348 g/mol. The maximum absolute atomic E-state index is 12.7. The number of esters is 1. The lowest BCUT2D eigenvalue weighted by Crippen LogP contribution is -2.24. The summed E-state index contributed by atoms with van der Waals surface area (Å²) in [6, 6.07) is 0. The molecule has 2 rings (SSSR count). The first-order valence-electron chi connectivity index (χ1n) is 12.6. The zero-order chi connectivity index (χ0) is 20.0. The molecule has 0 N–H and O–H groups in total. The van der Waals surface area contributed by atoms with Gasteiger partial charge in [0.05, 0.1) is 24.7 Å². The number of carbonyl (C=O) groups is 1. The van der Waals surface area contributed by atoms with Crippen LogP contribution >= 0.6 is 0 Å². The zero-order valence-corrected chi connectivity index (χ0v) is 18.8. The number of ether oxygens (including phenoxy) is 2. The molecule has 1 aliphatic heterocycles. The number of hydrogen-bond donors (Lipinski definition) is 0. The average molecular weight is 395 g/mol. The summed E-state index contributed by atoms with van der Waals surface area (Å²) < 4.78 is 11.4. The molecule has 1 saturated carbocycles. The number of unbranched alkanes of at least 4 members (excludes halogenated alkanes) is 10. The predicted molar refractivity (Wildman–Crippen MR) is 116 cm³/mol. The minimum atomic E-state index is 0.0836. The Labute approximate surface area is 174 Å². The van der Waals surface area contributed by atoms with Crippen LogP contribution in [0.25, 0.3) is 0 Å². The lowest BCUT2D eigenvalue weighted by atomic mass is 9.90. The molecule has 0 aromatic rings. The largest absolute Gasteiger partial charge is 0.465 e. The van der Waals surface area contributed by atoms with Gasteiger partial charge in [-0.3, -0.25) is 4.79 Å². The number of fused-ring (bicyclic) bond motifs is 1. The van der Waals surface area contributed by atoms with Crippen molar-refractivity contribution in [1.82, 2.24) is 0 Å². The summed E-state index contributed by atoms with van der Waals surface area (Å²) in [7, 11) is 0. The third kappa shape index (κ3) is 9.76. The molecule has 3 nitrogen and oxygen atoms in total. The first kappa shape index (κ1) is 23.7. The van der Waals surface area contributed by atoms with Gasteiger partial charge in [0.2, 0.25) is 0 Å². The van der Waals surface area contributed by atoms with Crippen LogP contribution in [0.15, 0.2) is 0 Å². The third-order valence-corrected chi connectivity index (χ3v) is 6.72. The Kier molecular flexibility index (Phi) is 12.2. The Morgan fingerprint density at radius 3 is 1.96 bits per heavy atom. The highest BCUT2D eigenvalue weighted by molar-refractivity contribution is 5.72. The van der Waals surface area contributed by atoms with Gasteiger partial charge in [0, 0.05) is 0 Å². The van der Waals surface area contributed by atoms with Gasteiger partial charge in [0.15, 0.2) is 0 Å². The molecule has 0 amide bonds. The summed E-state index contributed by atoms with van der Waals surface area (Å²) in [5.74, 6) is 0.738. The van der Waals surface area contributed by atoms with Crippen molar-refractivity contribution in [2.75, 3.05) is 6.61 Å². The van der Waals surface area contributed by atoms with E-state index in [4.69, 9.17) is 9.47 Å². The second kappa shape index (κ2) is 14.4. The standard InChI is InChI=1S/C25H46O3/c1-3-5-7-9-10-12-14-16-22(15-13-11-8-6-4-2)25(26)27-20-21-17-18-23-24(19-21)28-23/h21-24H,3-20H2,1-2H3. The molecule has 1 heterocycles. The SMILES string of the molecule is CCCCCCCCCC(CCCCCCC)C(=O)OCC1CCC2OC2C1.